The third-order valence-corrected chi connectivity index (χ3v) is 3.36. The summed E-state index contributed by atoms with van der Waals surface area (Å²) in [5.74, 6) is 6.42. The fraction of sp³-hybridized carbons (Fsp3) is 0.333. The number of carbonyl (C=O) groups is 1. The van der Waals surface area contributed by atoms with Crippen LogP contribution in [-0.2, 0) is 12.8 Å². The minimum Gasteiger partial charge on any atom is -0.360 e. The number of hydrazine groups is 1. The Balaban J connectivity index is 2.00. The minimum absolute atomic E-state index is 0.155. The third-order valence-electron chi connectivity index (χ3n) is 2.32. The molecule has 3 N–H and O–H groups in total. The number of nitrogen functional groups attached to an aromatic ring is 1. The first kappa shape index (κ1) is 12.6. The summed E-state index contributed by atoms with van der Waals surface area (Å²) in [7, 11) is 1.88. The zero-order chi connectivity index (χ0) is 13.1. The number of aromatic nitrogens is 4. The van der Waals surface area contributed by atoms with Gasteiger partial charge in [-0.2, -0.15) is 0 Å². The van der Waals surface area contributed by atoms with Gasteiger partial charge in [-0.25, -0.2) is 5.84 Å². The first-order valence-corrected chi connectivity index (χ1v) is 6.05. The lowest BCUT2D eigenvalue weighted by molar-refractivity contribution is 0.0944. The maximum absolute atomic E-state index is 11.2. The van der Waals surface area contributed by atoms with Crippen molar-refractivity contribution in [3.8, 4) is 0 Å². The quantitative estimate of drug-likeness (QED) is 0.347. The molecule has 0 bridgehead atoms. The standard InChI is InChI=1S/C9H12N6O2S/c1-5-12-13-9(15(5)2)18-4-6-3-7(14-17-6)8(16)11-10/h3H,4,10H2,1-2H3,(H,11,16). The van der Waals surface area contributed by atoms with Gasteiger partial charge in [0.15, 0.2) is 10.9 Å². The van der Waals surface area contributed by atoms with Crippen LogP contribution in [0.1, 0.15) is 22.1 Å². The molecule has 0 aliphatic heterocycles. The van der Waals surface area contributed by atoms with E-state index in [1.807, 2.05) is 24.0 Å². The van der Waals surface area contributed by atoms with Crippen molar-refractivity contribution in [2.45, 2.75) is 17.8 Å². The van der Waals surface area contributed by atoms with Crippen molar-refractivity contribution in [3.63, 3.8) is 0 Å². The predicted octanol–water partition coefficient (Wildman–Crippen LogP) is 0.00732. The lowest BCUT2D eigenvalue weighted by Gasteiger charge is -1.98. The Labute approximate surface area is 107 Å². The van der Waals surface area contributed by atoms with Crippen LogP contribution in [0.4, 0.5) is 0 Å². The van der Waals surface area contributed by atoms with Gasteiger partial charge in [-0.1, -0.05) is 16.9 Å². The number of carbonyl (C=O) groups excluding carboxylic acids is 1. The Hall–Kier alpha value is -1.87. The summed E-state index contributed by atoms with van der Waals surface area (Å²) in [6.45, 7) is 1.87. The van der Waals surface area contributed by atoms with Gasteiger partial charge in [-0.3, -0.25) is 10.2 Å². The van der Waals surface area contributed by atoms with Crippen LogP contribution in [-0.4, -0.2) is 25.8 Å². The number of nitrogens with one attached hydrogen (secondary N) is 1. The number of nitrogens with two attached hydrogens (primary N) is 1. The predicted molar refractivity (Wildman–Crippen MR) is 63.5 cm³/mol. The summed E-state index contributed by atoms with van der Waals surface area (Å²) in [4.78, 5) is 11.2. The van der Waals surface area contributed by atoms with Gasteiger partial charge in [0.2, 0.25) is 0 Å². The molecule has 2 rings (SSSR count). The molecule has 0 saturated heterocycles. The second kappa shape index (κ2) is 5.19. The normalized spacial score (nSPS) is 10.6. The highest BCUT2D eigenvalue weighted by Gasteiger charge is 2.12. The van der Waals surface area contributed by atoms with Crippen LogP contribution in [0.25, 0.3) is 0 Å². The Morgan fingerprint density at radius 2 is 2.39 bits per heavy atom. The Kier molecular flexibility index (Phi) is 3.63. The van der Waals surface area contributed by atoms with Crippen LogP contribution in [0.2, 0.25) is 0 Å². The molecule has 96 valence electrons. The Morgan fingerprint density at radius 3 is 3.00 bits per heavy atom. The van der Waals surface area contributed by atoms with Crippen LogP contribution in [0, 0.1) is 6.92 Å². The van der Waals surface area contributed by atoms with Crippen molar-refractivity contribution >= 4 is 17.7 Å². The SMILES string of the molecule is Cc1nnc(SCc2cc(C(=O)NN)no2)n1C. The second-order valence-electron chi connectivity index (χ2n) is 3.53. The monoisotopic (exact) mass is 268 g/mol. The molecule has 0 unspecified atom stereocenters. The van der Waals surface area contributed by atoms with Crippen molar-refractivity contribution in [1.29, 1.82) is 0 Å². The number of thioether (sulfide) groups is 1. The van der Waals surface area contributed by atoms with E-state index < -0.39 is 5.91 Å². The molecule has 0 atom stereocenters. The summed E-state index contributed by atoms with van der Waals surface area (Å²) >= 11 is 1.45. The van der Waals surface area contributed by atoms with Gasteiger partial charge in [0.05, 0.1) is 5.75 Å². The van der Waals surface area contributed by atoms with Gasteiger partial charge in [0.1, 0.15) is 11.6 Å². The van der Waals surface area contributed by atoms with Gasteiger partial charge in [-0.05, 0) is 6.92 Å². The van der Waals surface area contributed by atoms with Gasteiger partial charge in [0, 0.05) is 13.1 Å². The van der Waals surface area contributed by atoms with Crippen LogP contribution in [0.15, 0.2) is 15.7 Å². The van der Waals surface area contributed by atoms with Crippen LogP contribution < -0.4 is 11.3 Å². The molecule has 2 aromatic rings. The van der Waals surface area contributed by atoms with Crippen LogP contribution in [0.3, 0.4) is 0 Å². The molecule has 0 aliphatic carbocycles. The van der Waals surface area contributed by atoms with E-state index >= 15 is 0 Å². The number of nitrogens with zero attached hydrogens (tertiary/aromatic N) is 4. The number of hydrogen-bond donors (Lipinski definition) is 2. The van der Waals surface area contributed by atoms with Crippen molar-refractivity contribution in [2.24, 2.45) is 12.9 Å². The topological polar surface area (TPSA) is 112 Å². The van der Waals surface area contributed by atoms with E-state index in [1.165, 1.54) is 11.8 Å². The molecule has 0 spiro atoms. The minimum atomic E-state index is -0.482. The van der Waals surface area contributed by atoms with Gasteiger partial charge >= 0.3 is 0 Å². The third kappa shape index (κ3) is 2.51. The fourth-order valence-corrected chi connectivity index (χ4v) is 2.04. The molecule has 0 aromatic carbocycles. The van der Waals surface area contributed by atoms with E-state index in [4.69, 9.17) is 10.4 Å². The van der Waals surface area contributed by atoms with E-state index in [0.29, 0.717) is 11.5 Å². The number of hydrogen-bond acceptors (Lipinski definition) is 7. The maximum Gasteiger partial charge on any atom is 0.287 e. The maximum atomic E-state index is 11.2. The van der Waals surface area contributed by atoms with Gasteiger partial charge < -0.3 is 9.09 Å². The highest BCUT2D eigenvalue weighted by Crippen LogP contribution is 2.21. The first-order valence-electron chi connectivity index (χ1n) is 5.07. The zero-order valence-electron chi connectivity index (χ0n) is 9.88. The van der Waals surface area contributed by atoms with E-state index in [0.717, 1.165) is 11.0 Å². The molecule has 0 aliphatic rings. The molecular weight excluding hydrogens is 256 g/mol. The largest absolute Gasteiger partial charge is 0.360 e. The molecule has 2 heterocycles. The molecule has 0 fully saturated rings. The van der Waals surface area contributed by atoms with Gasteiger partial charge in [0.25, 0.3) is 5.91 Å². The molecular formula is C9H12N6O2S. The van der Waals surface area contributed by atoms with Crippen molar-refractivity contribution < 1.29 is 9.32 Å². The van der Waals surface area contributed by atoms with Crippen molar-refractivity contribution in [3.05, 3.63) is 23.3 Å². The highest BCUT2D eigenvalue weighted by molar-refractivity contribution is 7.98. The van der Waals surface area contributed by atoms with E-state index in [1.54, 1.807) is 6.07 Å². The molecule has 18 heavy (non-hydrogen) atoms. The van der Waals surface area contributed by atoms with E-state index in [-0.39, 0.29) is 5.69 Å². The zero-order valence-corrected chi connectivity index (χ0v) is 10.7. The summed E-state index contributed by atoms with van der Waals surface area (Å²) in [5.41, 5.74) is 2.14. The summed E-state index contributed by atoms with van der Waals surface area (Å²) in [6, 6.07) is 1.54. The molecule has 1 amide bonds. The Morgan fingerprint density at radius 1 is 1.61 bits per heavy atom. The lowest BCUT2D eigenvalue weighted by Crippen LogP contribution is -2.30. The Bertz CT molecular complexity index is 563. The molecule has 8 nitrogen and oxygen atoms in total. The van der Waals surface area contributed by atoms with Crippen molar-refractivity contribution in [1.82, 2.24) is 25.3 Å². The average Bonchev–Trinajstić information content (AvgIpc) is 2.96. The number of rotatable bonds is 4. The summed E-state index contributed by atoms with van der Waals surface area (Å²) in [6.07, 6.45) is 0. The molecule has 0 radical (unpaired) electrons. The summed E-state index contributed by atoms with van der Waals surface area (Å²) in [5, 5.41) is 12.3. The van der Waals surface area contributed by atoms with Crippen LogP contribution in [0.5, 0.6) is 0 Å². The van der Waals surface area contributed by atoms with Gasteiger partial charge in [-0.15, -0.1) is 10.2 Å². The number of aryl methyl sites for hydroxylation is 1. The fourth-order valence-electron chi connectivity index (χ4n) is 1.21. The second-order valence-corrected chi connectivity index (χ2v) is 4.47. The smallest absolute Gasteiger partial charge is 0.287 e. The summed E-state index contributed by atoms with van der Waals surface area (Å²) < 4.78 is 6.88. The van der Waals surface area contributed by atoms with E-state index in [2.05, 4.69) is 15.4 Å². The van der Waals surface area contributed by atoms with E-state index in [9.17, 15) is 4.79 Å². The molecule has 0 saturated carbocycles. The highest BCUT2D eigenvalue weighted by atomic mass is 32.2. The van der Waals surface area contributed by atoms with Crippen molar-refractivity contribution in [2.75, 3.05) is 0 Å². The number of amides is 1. The molecule has 9 heteroatoms. The lowest BCUT2D eigenvalue weighted by atomic mass is 10.4. The van der Waals surface area contributed by atoms with Crippen LogP contribution >= 0.6 is 11.8 Å². The molecule has 2 aromatic heterocycles. The average molecular weight is 268 g/mol. The first-order chi connectivity index (χ1) is 8.61.